The first-order valence-corrected chi connectivity index (χ1v) is 12.0. The Balaban J connectivity index is 1.32. The number of nitrogens with one attached hydrogen (secondary N) is 2. The first-order valence-electron chi connectivity index (χ1n) is 10.7. The molecule has 166 valence electrons. The van der Waals surface area contributed by atoms with Crippen molar-refractivity contribution in [3.05, 3.63) is 89.0 Å². The largest absolute Gasteiger partial charge is 0.323 e. The summed E-state index contributed by atoms with van der Waals surface area (Å²) in [5.41, 5.74) is 4.52. The molecule has 1 aliphatic heterocycles. The maximum Gasteiger partial charge on any atom is 0.323 e. The summed E-state index contributed by atoms with van der Waals surface area (Å²) in [6.07, 6.45) is 9.04. The molecule has 3 heterocycles. The van der Waals surface area contributed by atoms with Crippen LogP contribution in [-0.2, 0) is 0 Å². The number of rotatable bonds is 4. The lowest BCUT2D eigenvalue weighted by Crippen LogP contribution is -2.26. The monoisotopic (exact) mass is 474 g/mol. The number of nitrogens with zero attached hydrogens (tertiary/aromatic N) is 2. The average Bonchev–Trinajstić information content (AvgIpc) is 3.23. The van der Waals surface area contributed by atoms with Gasteiger partial charge < -0.3 is 10.6 Å². The number of benzene rings is 2. The van der Waals surface area contributed by atoms with E-state index in [-0.39, 0.29) is 12.1 Å². The Labute approximate surface area is 201 Å². The van der Waals surface area contributed by atoms with Crippen LogP contribution in [0.15, 0.2) is 78.5 Å². The van der Waals surface area contributed by atoms with Crippen LogP contribution < -0.4 is 10.6 Å². The minimum absolute atomic E-state index is 0.262. The first-order chi connectivity index (χ1) is 16.1. The second-order valence-corrected chi connectivity index (χ2v) is 9.37. The summed E-state index contributed by atoms with van der Waals surface area (Å²) in [4.78, 5) is 19.1. The van der Waals surface area contributed by atoms with Crippen molar-refractivity contribution in [2.45, 2.75) is 12.5 Å². The molecule has 0 fully saturated rings. The fourth-order valence-electron chi connectivity index (χ4n) is 4.14. The number of fused-ring (bicyclic) bond motifs is 1. The van der Waals surface area contributed by atoms with Gasteiger partial charge in [-0.3, -0.25) is 9.88 Å². The highest BCUT2D eigenvalue weighted by Crippen LogP contribution is 2.36. The van der Waals surface area contributed by atoms with E-state index in [4.69, 9.17) is 11.6 Å². The Morgan fingerprint density at radius 3 is 2.61 bits per heavy atom. The highest BCUT2D eigenvalue weighted by molar-refractivity contribution is 7.17. The highest BCUT2D eigenvalue weighted by atomic mass is 35.5. The van der Waals surface area contributed by atoms with Crippen LogP contribution in [0.1, 0.15) is 18.0 Å². The zero-order valence-electron chi connectivity index (χ0n) is 18.1. The normalized spacial score (nSPS) is 16.1. The fraction of sp³-hybridized carbons (Fsp3) is 0.154. The fourth-order valence-corrected chi connectivity index (χ4v) is 5.40. The van der Waals surface area contributed by atoms with E-state index in [1.807, 2.05) is 30.3 Å². The number of pyridine rings is 1. The molecule has 2 N–H and O–H groups in total. The molecule has 0 spiro atoms. The topological polar surface area (TPSA) is 57.3 Å². The van der Waals surface area contributed by atoms with E-state index < -0.39 is 0 Å². The van der Waals surface area contributed by atoms with Crippen LogP contribution in [0.3, 0.4) is 0 Å². The number of hydrogen-bond donors (Lipinski definition) is 2. The number of halogens is 1. The summed E-state index contributed by atoms with van der Waals surface area (Å²) < 4.78 is 1.21. The molecule has 0 saturated heterocycles. The smallest absolute Gasteiger partial charge is 0.308 e. The van der Waals surface area contributed by atoms with Gasteiger partial charge in [-0.1, -0.05) is 29.8 Å². The van der Waals surface area contributed by atoms with E-state index in [0.29, 0.717) is 10.7 Å². The Kier molecular flexibility index (Phi) is 6.13. The number of hydrogen-bond acceptors (Lipinski definition) is 4. The minimum atomic E-state index is -0.312. The van der Waals surface area contributed by atoms with Crippen molar-refractivity contribution in [3.8, 4) is 11.1 Å². The number of aromatic nitrogens is 1. The number of carbonyl (C=O) groups is 1. The molecular formula is C26H23ClN4OS. The lowest BCUT2D eigenvalue weighted by molar-refractivity contribution is 0.262. The van der Waals surface area contributed by atoms with Crippen LogP contribution in [-0.4, -0.2) is 29.5 Å². The number of thiophene rings is 1. The Morgan fingerprint density at radius 1 is 1.09 bits per heavy atom. The third kappa shape index (κ3) is 4.64. The Hall–Kier alpha value is -3.19. The predicted octanol–water partition coefficient (Wildman–Crippen LogP) is 7.19. The SMILES string of the molecule is CN1CCC=CC1c1csc2ccc(NC(=O)Nc3ccc(-c4ccncc4)c(Cl)c3)cc12. The molecule has 1 aliphatic rings. The molecule has 33 heavy (non-hydrogen) atoms. The van der Waals surface area contributed by atoms with E-state index in [1.165, 1.54) is 15.6 Å². The van der Waals surface area contributed by atoms with E-state index >= 15 is 0 Å². The predicted molar refractivity (Wildman–Crippen MR) is 138 cm³/mol. The van der Waals surface area contributed by atoms with Crippen molar-refractivity contribution in [2.75, 3.05) is 24.2 Å². The molecule has 5 nitrogen and oxygen atoms in total. The number of amides is 2. The molecule has 0 aliphatic carbocycles. The maximum absolute atomic E-state index is 12.7. The van der Waals surface area contributed by atoms with Gasteiger partial charge in [-0.2, -0.15) is 0 Å². The van der Waals surface area contributed by atoms with Crippen LogP contribution >= 0.6 is 22.9 Å². The second kappa shape index (κ2) is 9.35. The number of urea groups is 1. The molecule has 4 aromatic rings. The third-order valence-electron chi connectivity index (χ3n) is 5.84. The first kappa shape index (κ1) is 21.6. The van der Waals surface area contributed by atoms with Gasteiger partial charge in [0.1, 0.15) is 0 Å². The molecule has 2 aromatic heterocycles. The van der Waals surface area contributed by atoms with Crippen molar-refractivity contribution in [2.24, 2.45) is 0 Å². The van der Waals surface area contributed by atoms with Crippen molar-refractivity contribution >= 4 is 50.4 Å². The molecule has 7 heteroatoms. The van der Waals surface area contributed by atoms with Gasteiger partial charge in [-0.15, -0.1) is 11.3 Å². The lowest BCUT2D eigenvalue weighted by atomic mass is 10.0. The molecule has 5 rings (SSSR count). The molecule has 0 radical (unpaired) electrons. The molecule has 1 atom stereocenters. The highest BCUT2D eigenvalue weighted by Gasteiger charge is 2.20. The van der Waals surface area contributed by atoms with Crippen molar-refractivity contribution in [1.82, 2.24) is 9.88 Å². The summed E-state index contributed by atoms with van der Waals surface area (Å²) in [5, 5.41) is 9.78. The summed E-state index contributed by atoms with van der Waals surface area (Å²) in [6.45, 7) is 1.04. The zero-order valence-corrected chi connectivity index (χ0v) is 19.7. The maximum atomic E-state index is 12.7. The standard InChI is InChI=1S/C26H23ClN4OS/c1-31-13-3-2-4-24(31)22-16-33-25-8-6-18(14-21(22)25)29-26(32)30-19-5-7-20(23(27)15-19)17-9-11-28-12-10-17/h2,4-12,14-16,24H,3,13H2,1H3,(H2,29,30,32). The van der Waals surface area contributed by atoms with E-state index in [2.05, 4.69) is 57.2 Å². The van der Waals surface area contributed by atoms with Crippen LogP contribution in [0.5, 0.6) is 0 Å². The van der Waals surface area contributed by atoms with E-state index in [1.54, 1.807) is 29.8 Å². The van der Waals surface area contributed by atoms with Crippen molar-refractivity contribution in [1.29, 1.82) is 0 Å². The Morgan fingerprint density at radius 2 is 1.85 bits per heavy atom. The van der Waals surface area contributed by atoms with Gasteiger partial charge in [0.15, 0.2) is 0 Å². The van der Waals surface area contributed by atoms with Crippen LogP contribution in [0.25, 0.3) is 21.2 Å². The van der Waals surface area contributed by atoms with Crippen molar-refractivity contribution in [3.63, 3.8) is 0 Å². The summed E-state index contributed by atoms with van der Waals surface area (Å²) in [7, 11) is 2.15. The van der Waals surface area contributed by atoms with Crippen LogP contribution in [0, 0.1) is 0 Å². The summed E-state index contributed by atoms with van der Waals surface area (Å²) >= 11 is 8.20. The molecule has 0 saturated carbocycles. The number of likely N-dealkylation sites (N-methyl/N-ethyl adjacent to an activating group) is 1. The molecule has 0 bridgehead atoms. The number of carbonyl (C=O) groups excluding carboxylic acids is 1. The average molecular weight is 475 g/mol. The minimum Gasteiger partial charge on any atom is -0.308 e. The van der Waals surface area contributed by atoms with Gasteiger partial charge in [0.2, 0.25) is 0 Å². The van der Waals surface area contributed by atoms with E-state index in [0.717, 1.165) is 29.8 Å². The van der Waals surface area contributed by atoms with Gasteiger partial charge in [-0.05, 0) is 77.8 Å². The Bertz CT molecular complexity index is 1330. The van der Waals surface area contributed by atoms with Gasteiger partial charge in [0, 0.05) is 40.6 Å². The number of anilines is 2. The third-order valence-corrected chi connectivity index (χ3v) is 7.13. The van der Waals surface area contributed by atoms with Crippen LogP contribution in [0.4, 0.5) is 16.2 Å². The van der Waals surface area contributed by atoms with Crippen LogP contribution in [0.2, 0.25) is 5.02 Å². The van der Waals surface area contributed by atoms with E-state index in [9.17, 15) is 4.79 Å². The van der Waals surface area contributed by atoms with Gasteiger partial charge in [0.25, 0.3) is 0 Å². The second-order valence-electron chi connectivity index (χ2n) is 8.05. The van der Waals surface area contributed by atoms with Gasteiger partial charge >= 0.3 is 6.03 Å². The molecular weight excluding hydrogens is 452 g/mol. The zero-order chi connectivity index (χ0) is 22.8. The molecule has 2 aromatic carbocycles. The molecule has 1 unspecified atom stereocenters. The van der Waals surface area contributed by atoms with Gasteiger partial charge in [-0.25, -0.2) is 4.79 Å². The quantitative estimate of drug-likeness (QED) is 0.307. The lowest BCUT2D eigenvalue weighted by Gasteiger charge is -2.28. The summed E-state index contributed by atoms with van der Waals surface area (Å²) in [6, 6.07) is 15.3. The molecule has 2 amide bonds. The summed E-state index contributed by atoms with van der Waals surface area (Å²) in [5.74, 6) is 0. The van der Waals surface area contributed by atoms with Gasteiger partial charge in [0.05, 0.1) is 11.1 Å². The van der Waals surface area contributed by atoms with Crippen molar-refractivity contribution < 1.29 is 4.79 Å².